The van der Waals surface area contributed by atoms with E-state index in [0.717, 1.165) is 12.8 Å². The summed E-state index contributed by atoms with van der Waals surface area (Å²) in [6, 6.07) is 6.38. The van der Waals surface area contributed by atoms with E-state index in [0.29, 0.717) is 23.8 Å². The fourth-order valence-electron chi connectivity index (χ4n) is 2.44. The molecule has 6 heteroatoms. The predicted molar refractivity (Wildman–Crippen MR) is 80.9 cm³/mol. The van der Waals surface area contributed by atoms with Gasteiger partial charge >= 0.3 is 0 Å². The van der Waals surface area contributed by atoms with Gasteiger partial charge in [0.05, 0.1) is 12.1 Å². The third kappa shape index (κ3) is 4.68. The molecule has 2 atom stereocenters. The summed E-state index contributed by atoms with van der Waals surface area (Å²) in [5.74, 6) is -0.0926. The van der Waals surface area contributed by atoms with E-state index in [1.807, 2.05) is 0 Å². The van der Waals surface area contributed by atoms with Gasteiger partial charge < -0.3 is 20.9 Å². The van der Waals surface area contributed by atoms with Crippen LogP contribution >= 0.6 is 11.6 Å². The summed E-state index contributed by atoms with van der Waals surface area (Å²) in [6.07, 6.45) is 0.797. The third-order valence-corrected chi connectivity index (χ3v) is 4.01. The Hall–Kier alpha value is -1.14. The number of amides is 1. The molecule has 1 aromatic rings. The zero-order valence-corrected chi connectivity index (χ0v) is 12.6. The van der Waals surface area contributed by atoms with Gasteiger partial charge in [-0.25, -0.2) is 0 Å². The molecule has 1 aromatic carbocycles. The van der Waals surface area contributed by atoms with Gasteiger partial charge in [0.1, 0.15) is 0 Å². The maximum Gasteiger partial charge on any atom is 0.237 e. The second-order valence-electron chi connectivity index (χ2n) is 5.29. The van der Waals surface area contributed by atoms with E-state index < -0.39 is 12.1 Å². The molecule has 5 nitrogen and oxygen atoms in total. The van der Waals surface area contributed by atoms with Crippen molar-refractivity contribution in [3.63, 3.8) is 0 Å². The second-order valence-corrected chi connectivity index (χ2v) is 5.73. The summed E-state index contributed by atoms with van der Waals surface area (Å²) in [5, 5.41) is 13.3. The number of hydrogen-bond donors (Lipinski definition) is 3. The fraction of sp³-hybridized carbons (Fsp3) is 0.533. The molecule has 0 bridgehead atoms. The van der Waals surface area contributed by atoms with Gasteiger partial charge in [-0.1, -0.05) is 23.7 Å². The van der Waals surface area contributed by atoms with Gasteiger partial charge in [-0.15, -0.1) is 0 Å². The number of halogens is 1. The molecule has 0 aromatic heterocycles. The minimum Gasteiger partial charge on any atom is -0.387 e. The summed E-state index contributed by atoms with van der Waals surface area (Å²) in [6.45, 7) is 1.42. The Labute approximate surface area is 129 Å². The summed E-state index contributed by atoms with van der Waals surface area (Å²) in [4.78, 5) is 12.0. The first-order valence-electron chi connectivity index (χ1n) is 7.12. The standard InChI is InChI=1S/C15H21ClN2O3/c16-12-3-1-2-11(8-12)13(19)9-18-15(20)14(17)10-4-6-21-7-5-10/h1-3,8,10,13-14,19H,4-7,9,17H2,(H,18,20). The zero-order valence-electron chi connectivity index (χ0n) is 11.8. The number of nitrogens with two attached hydrogens (primary N) is 1. The van der Waals surface area contributed by atoms with Crippen LogP contribution in [0.15, 0.2) is 24.3 Å². The number of hydrogen-bond acceptors (Lipinski definition) is 4. The maximum atomic E-state index is 12.0. The number of benzene rings is 1. The quantitative estimate of drug-likeness (QED) is 0.764. The highest BCUT2D eigenvalue weighted by atomic mass is 35.5. The molecule has 1 aliphatic rings. The molecule has 1 fully saturated rings. The molecule has 1 saturated heterocycles. The Morgan fingerprint density at radius 3 is 2.86 bits per heavy atom. The van der Waals surface area contributed by atoms with Crippen LogP contribution in [0.3, 0.4) is 0 Å². The first kappa shape index (κ1) is 16.2. The van der Waals surface area contributed by atoms with Crippen molar-refractivity contribution in [2.45, 2.75) is 25.0 Å². The molecule has 1 amide bonds. The van der Waals surface area contributed by atoms with Gasteiger partial charge in [-0.05, 0) is 36.5 Å². The van der Waals surface area contributed by atoms with Crippen LogP contribution in [0, 0.1) is 5.92 Å². The smallest absolute Gasteiger partial charge is 0.237 e. The highest BCUT2D eigenvalue weighted by Crippen LogP contribution is 2.19. The Bertz CT molecular complexity index is 478. The van der Waals surface area contributed by atoms with Crippen molar-refractivity contribution in [2.75, 3.05) is 19.8 Å². The number of aliphatic hydroxyl groups is 1. The van der Waals surface area contributed by atoms with Crippen molar-refractivity contribution in [1.29, 1.82) is 0 Å². The molecule has 0 radical (unpaired) electrons. The van der Waals surface area contributed by atoms with E-state index >= 15 is 0 Å². The molecule has 1 aliphatic heterocycles. The van der Waals surface area contributed by atoms with Crippen LogP contribution in [0.1, 0.15) is 24.5 Å². The molecule has 2 unspecified atom stereocenters. The van der Waals surface area contributed by atoms with E-state index in [2.05, 4.69) is 5.32 Å². The van der Waals surface area contributed by atoms with Crippen molar-refractivity contribution >= 4 is 17.5 Å². The highest BCUT2D eigenvalue weighted by molar-refractivity contribution is 6.30. The number of ether oxygens (including phenoxy) is 1. The first-order valence-corrected chi connectivity index (χ1v) is 7.50. The van der Waals surface area contributed by atoms with E-state index in [9.17, 15) is 9.90 Å². The van der Waals surface area contributed by atoms with Crippen LogP contribution in [-0.4, -0.2) is 36.8 Å². The normalized spacial score (nSPS) is 19.0. The second kappa shape index (κ2) is 7.75. The average molecular weight is 313 g/mol. The fourth-order valence-corrected chi connectivity index (χ4v) is 2.63. The largest absolute Gasteiger partial charge is 0.387 e. The molecular formula is C15H21ClN2O3. The molecule has 1 heterocycles. The number of aliphatic hydroxyl groups excluding tert-OH is 1. The van der Waals surface area contributed by atoms with E-state index in [4.69, 9.17) is 22.1 Å². The Kier molecular flexibility index (Phi) is 5.99. The Morgan fingerprint density at radius 1 is 1.48 bits per heavy atom. The summed E-state index contributed by atoms with van der Waals surface area (Å²) >= 11 is 5.87. The van der Waals surface area contributed by atoms with E-state index in [-0.39, 0.29) is 18.4 Å². The molecule has 0 saturated carbocycles. The highest BCUT2D eigenvalue weighted by Gasteiger charge is 2.26. The van der Waals surface area contributed by atoms with E-state index in [1.165, 1.54) is 0 Å². The molecule has 116 valence electrons. The van der Waals surface area contributed by atoms with Crippen LogP contribution in [-0.2, 0) is 9.53 Å². The molecular weight excluding hydrogens is 292 g/mol. The van der Waals surface area contributed by atoms with Gasteiger partial charge in [0.25, 0.3) is 0 Å². The first-order chi connectivity index (χ1) is 10.1. The Balaban J connectivity index is 1.82. The molecule has 2 rings (SSSR count). The van der Waals surface area contributed by atoms with Crippen molar-refractivity contribution < 1.29 is 14.6 Å². The van der Waals surface area contributed by atoms with Crippen LogP contribution in [0.2, 0.25) is 5.02 Å². The zero-order chi connectivity index (χ0) is 15.2. The van der Waals surface area contributed by atoms with E-state index in [1.54, 1.807) is 24.3 Å². The van der Waals surface area contributed by atoms with Crippen molar-refractivity contribution in [1.82, 2.24) is 5.32 Å². The van der Waals surface area contributed by atoms with Gasteiger partial charge in [0.15, 0.2) is 0 Å². The third-order valence-electron chi connectivity index (χ3n) is 3.78. The summed E-state index contributed by atoms with van der Waals surface area (Å²) < 4.78 is 5.26. The lowest BCUT2D eigenvalue weighted by molar-refractivity contribution is -0.124. The average Bonchev–Trinajstić information content (AvgIpc) is 2.52. The lowest BCUT2D eigenvalue weighted by Crippen LogP contribution is -2.47. The molecule has 0 aliphatic carbocycles. The molecule has 21 heavy (non-hydrogen) atoms. The van der Waals surface area contributed by atoms with Gasteiger partial charge in [-0.2, -0.15) is 0 Å². The lowest BCUT2D eigenvalue weighted by atomic mass is 9.92. The van der Waals surface area contributed by atoms with Crippen molar-refractivity contribution in [3.8, 4) is 0 Å². The van der Waals surface area contributed by atoms with Gasteiger partial charge in [0, 0.05) is 24.8 Å². The number of nitrogens with one attached hydrogen (secondary N) is 1. The topological polar surface area (TPSA) is 84.6 Å². The summed E-state index contributed by atoms with van der Waals surface area (Å²) in [7, 11) is 0. The number of carbonyl (C=O) groups excluding carboxylic acids is 1. The van der Waals surface area contributed by atoms with Gasteiger partial charge in [0.2, 0.25) is 5.91 Å². The monoisotopic (exact) mass is 312 g/mol. The van der Waals surface area contributed by atoms with Crippen LogP contribution in [0.4, 0.5) is 0 Å². The maximum absolute atomic E-state index is 12.0. The SMILES string of the molecule is NC(C(=O)NCC(O)c1cccc(Cl)c1)C1CCOCC1. The summed E-state index contributed by atoms with van der Waals surface area (Å²) in [5.41, 5.74) is 6.64. The van der Waals surface area contributed by atoms with Crippen molar-refractivity contribution in [3.05, 3.63) is 34.9 Å². The molecule has 0 spiro atoms. The minimum atomic E-state index is -0.797. The van der Waals surface area contributed by atoms with Gasteiger partial charge in [-0.3, -0.25) is 4.79 Å². The van der Waals surface area contributed by atoms with Crippen molar-refractivity contribution in [2.24, 2.45) is 11.7 Å². The van der Waals surface area contributed by atoms with Crippen LogP contribution in [0.5, 0.6) is 0 Å². The van der Waals surface area contributed by atoms with Crippen LogP contribution in [0.25, 0.3) is 0 Å². The number of carbonyl (C=O) groups is 1. The van der Waals surface area contributed by atoms with Crippen LogP contribution < -0.4 is 11.1 Å². The number of rotatable bonds is 5. The minimum absolute atomic E-state index is 0.121. The predicted octanol–water partition coefficient (Wildman–Crippen LogP) is 1.24. The Morgan fingerprint density at radius 2 is 2.19 bits per heavy atom. The molecule has 4 N–H and O–H groups in total. The lowest BCUT2D eigenvalue weighted by Gasteiger charge is -2.27.